The Morgan fingerprint density at radius 2 is 1.79 bits per heavy atom. The topological polar surface area (TPSA) is 138 Å². The van der Waals surface area contributed by atoms with Gasteiger partial charge in [0.1, 0.15) is 17.6 Å². The Morgan fingerprint density at radius 3 is 2.38 bits per heavy atom. The molecule has 2 amide bonds. The number of aliphatic carboxylic acids is 1. The van der Waals surface area contributed by atoms with Crippen molar-refractivity contribution in [1.29, 1.82) is 5.26 Å². The highest BCUT2D eigenvalue weighted by Gasteiger charge is 2.52. The number of hydrogen-bond donors (Lipinski definition) is 3. The van der Waals surface area contributed by atoms with Crippen LogP contribution in [0.5, 0.6) is 11.5 Å². The van der Waals surface area contributed by atoms with E-state index in [0.717, 1.165) is 25.7 Å². The van der Waals surface area contributed by atoms with Gasteiger partial charge < -0.3 is 25.2 Å². The molecular weight excluding hydrogens is 498 g/mol. The fourth-order valence-corrected chi connectivity index (χ4v) is 6.44. The first kappa shape index (κ1) is 28.7. The Balaban J connectivity index is 1.54. The number of ether oxygens (including phenoxy) is 2. The number of nitriles is 1. The first-order chi connectivity index (χ1) is 18.4. The van der Waals surface area contributed by atoms with Crippen LogP contribution in [-0.2, 0) is 9.59 Å². The number of carboxylic acids is 1. The molecule has 4 rings (SSSR count). The van der Waals surface area contributed by atoms with Gasteiger partial charge in [-0.15, -0.1) is 0 Å². The monoisotopic (exact) mass is 539 g/mol. The third-order valence-corrected chi connectivity index (χ3v) is 9.38. The summed E-state index contributed by atoms with van der Waals surface area (Å²) in [5.74, 6) is -0.455. The molecule has 0 radical (unpaired) electrons. The number of amides is 2. The zero-order chi connectivity index (χ0) is 28.5. The molecule has 0 saturated heterocycles. The molecule has 3 aliphatic carbocycles. The van der Waals surface area contributed by atoms with E-state index < -0.39 is 11.4 Å². The van der Waals surface area contributed by atoms with Crippen LogP contribution >= 0.6 is 0 Å². The number of hydrogen-bond acceptors (Lipinski definition) is 6. The van der Waals surface area contributed by atoms with Crippen LogP contribution in [0, 0.1) is 34.5 Å². The van der Waals surface area contributed by atoms with E-state index in [-0.39, 0.29) is 69.9 Å². The normalized spacial score (nSPS) is 29.8. The molecule has 0 spiro atoms. The van der Waals surface area contributed by atoms with Crippen molar-refractivity contribution in [1.82, 2.24) is 10.6 Å². The Hall–Kier alpha value is -3.28. The Morgan fingerprint density at radius 1 is 1.13 bits per heavy atom. The van der Waals surface area contributed by atoms with E-state index >= 15 is 0 Å². The molecule has 0 heterocycles. The minimum atomic E-state index is -0.812. The second kappa shape index (κ2) is 11.1. The van der Waals surface area contributed by atoms with Crippen LogP contribution in [0.1, 0.15) is 95.0 Å². The summed E-state index contributed by atoms with van der Waals surface area (Å²) in [6.45, 7) is 7.79. The number of methoxy groups -OCH3 is 1. The molecule has 3 N–H and O–H groups in total. The van der Waals surface area contributed by atoms with E-state index in [0.29, 0.717) is 25.7 Å². The van der Waals surface area contributed by atoms with Crippen molar-refractivity contribution >= 4 is 17.8 Å². The number of rotatable bonds is 9. The minimum Gasteiger partial charge on any atom is -0.496 e. The lowest BCUT2D eigenvalue weighted by atomic mass is 9.75. The van der Waals surface area contributed by atoms with E-state index in [4.69, 9.17) is 9.47 Å². The first-order valence-electron chi connectivity index (χ1n) is 14.1. The predicted octanol–water partition coefficient (Wildman–Crippen LogP) is 4.43. The van der Waals surface area contributed by atoms with Gasteiger partial charge in [-0.3, -0.25) is 14.4 Å². The van der Waals surface area contributed by atoms with Gasteiger partial charge in [0.05, 0.1) is 35.7 Å². The van der Waals surface area contributed by atoms with Gasteiger partial charge in [0.25, 0.3) is 5.91 Å². The number of carbonyl (C=O) groups excluding carboxylic acids is 2. The number of benzene rings is 1. The van der Waals surface area contributed by atoms with Crippen molar-refractivity contribution in [3.05, 3.63) is 23.3 Å². The molecule has 1 aromatic rings. The van der Waals surface area contributed by atoms with Gasteiger partial charge in [-0.05, 0) is 90.0 Å². The van der Waals surface area contributed by atoms with Gasteiger partial charge in [0, 0.05) is 17.6 Å². The van der Waals surface area contributed by atoms with Crippen LogP contribution in [0.4, 0.5) is 0 Å². The summed E-state index contributed by atoms with van der Waals surface area (Å²) in [4.78, 5) is 38.6. The highest BCUT2D eigenvalue weighted by atomic mass is 16.5. The molecule has 39 heavy (non-hydrogen) atoms. The van der Waals surface area contributed by atoms with Crippen LogP contribution < -0.4 is 20.1 Å². The zero-order valence-electron chi connectivity index (χ0n) is 23.6. The molecule has 3 saturated carbocycles. The molecular formula is C30H41N3O6. The third kappa shape index (κ3) is 5.85. The fraction of sp³-hybridized carbons (Fsp3) is 0.667. The lowest BCUT2D eigenvalue weighted by Crippen LogP contribution is -2.53. The molecule has 212 valence electrons. The smallest absolute Gasteiger partial charge is 0.309 e. The van der Waals surface area contributed by atoms with Gasteiger partial charge in [-0.25, -0.2) is 0 Å². The molecule has 9 nitrogen and oxygen atoms in total. The molecule has 0 aromatic heterocycles. The van der Waals surface area contributed by atoms with E-state index in [1.807, 2.05) is 20.8 Å². The number of nitrogens with one attached hydrogen (secondary N) is 2. The average molecular weight is 540 g/mol. The van der Waals surface area contributed by atoms with Crippen molar-refractivity contribution in [2.24, 2.45) is 23.2 Å². The van der Waals surface area contributed by atoms with E-state index in [1.165, 1.54) is 13.2 Å². The summed E-state index contributed by atoms with van der Waals surface area (Å²) in [5.41, 5.74) is -0.613. The van der Waals surface area contributed by atoms with Gasteiger partial charge in [0.2, 0.25) is 5.91 Å². The molecule has 3 aliphatic rings. The molecule has 4 atom stereocenters. The van der Waals surface area contributed by atoms with Crippen LogP contribution in [0.2, 0.25) is 0 Å². The van der Waals surface area contributed by atoms with Crippen molar-refractivity contribution in [3.63, 3.8) is 0 Å². The summed E-state index contributed by atoms with van der Waals surface area (Å²) >= 11 is 0. The van der Waals surface area contributed by atoms with Gasteiger partial charge in [-0.1, -0.05) is 6.92 Å². The first-order valence-corrected chi connectivity index (χ1v) is 14.1. The predicted molar refractivity (Wildman–Crippen MR) is 144 cm³/mol. The molecule has 1 aromatic carbocycles. The molecule has 0 aliphatic heterocycles. The maximum atomic E-state index is 13.6. The number of nitrogens with zero attached hydrogens (tertiary/aromatic N) is 1. The molecule has 2 bridgehead atoms. The lowest BCUT2D eigenvalue weighted by molar-refractivity contribution is -0.150. The van der Waals surface area contributed by atoms with Crippen LogP contribution in [0.25, 0.3) is 0 Å². The molecule has 0 unspecified atom stereocenters. The summed E-state index contributed by atoms with van der Waals surface area (Å²) in [6, 6.07) is 4.89. The van der Waals surface area contributed by atoms with Gasteiger partial charge in [-0.2, -0.15) is 5.26 Å². The Bertz CT molecular complexity index is 1160. The summed E-state index contributed by atoms with van der Waals surface area (Å²) in [5, 5.41) is 25.6. The summed E-state index contributed by atoms with van der Waals surface area (Å²) in [7, 11) is 1.45. The quantitative estimate of drug-likeness (QED) is 0.422. The number of carbonyl (C=O) groups is 3. The lowest BCUT2D eigenvalue weighted by Gasteiger charge is -2.34. The van der Waals surface area contributed by atoms with Crippen molar-refractivity contribution in [3.8, 4) is 17.6 Å². The number of carboxylic acid groups (broad SMARTS) is 1. The van der Waals surface area contributed by atoms with E-state index in [2.05, 4.69) is 16.7 Å². The van der Waals surface area contributed by atoms with Crippen LogP contribution in [-0.4, -0.2) is 47.7 Å². The SMILES string of the molecule is CCC(C)(C)NC(=O)[C@H]1[C@@H]2CC[C@@H](C2)[C@H]1NC(=O)c1cc(O[C@H]2CC[C@@](C)(C(=O)O)CC2)c(C#N)cc1OC. The van der Waals surface area contributed by atoms with Gasteiger partial charge in [0.15, 0.2) is 0 Å². The number of fused-ring (bicyclic) bond motifs is 2. The average Bonchev–Trinajstić information content (AvgIpc) is 3.51. The van der Waals surface area contributed by atoms with Gasteiger partial charge >= 0.3 is 5.97 Å². The highest BCUT2D eigenvalue weighted by molar-refractivity contribution is 5.98. The van der Waals surface area contributed by atoms with Crippen molar-refractivity contribution < 1.29 is 29.0 Å². The standard InChI is InChI=1S/C30H41N3O6/c1-6-29(2,3)33-27(35)24-17-7-8-18(13-17)25(24)32-26(34)21-15-22(19(16-31)14-23(21)38-5)39-20-9-11-30(4,12-10-20)28(36)37/h14-15,17-18,20,24-25H,6-13H2,1-5H3,(H,32,34)(H,33,35)(H,36,37)/t17-,18+,20-,24+,25-,30+/m1/s1. The van der Waals surface area contributed by atoms with Crippen molar-refractivity contribution in [2.45, 2.75) is 96.7 Å². The summed E-state index contributed by atoms with van der Waals surface area (Å²) < 4.78 is 11.6. The van der Waals surface area contributed by atoms with Crippen LogP contribution in [0.15, 0.2) is 12.1 Å². The Labute approximate surface area is 230 Å². The third-order valence-electron chi connectivity index (χ3n) is 9.38. The second-order valence-corrected chi connectivity index (χ2v) is 12.4. The van der Waals surface area contributed by atoms with E-state index in [1.54, 1.807) is 13.0 Å². The zero-order valence-corrected chi connectivity index (χ0v) is 23.6. The maximum absolute atomic E-state index is 13.6. The fourth-order valence-electron chi connectivity index (χ4n) is 6.44. The second-order valence-electron chi connectivity index (χ2n) is 12.4. The summed E-state index contributed by atoms with van der Waals surface area (Å²) in [6.07, 6.45) is 5.46. The Kier molecular flexibility index (Phi) is 8.15. The van der Waals surface area contributed by atoms with Crippen LogP contribution in [0.3, 0.4) is 0 Å². The molecule has 3 fully saturated rings. The van der Waals surface area contributed by atoms with Crippen molar-refractivity contribution in [2.75, 3.05) is 7.11 Å². The highest BCUT2D eigenvalue weighted by Crippen LogP contribution is 2.49. The largest absolute Gasteiger partial charge is 0.496 e. The minimum absolute atomic E-state index is 0.0131. The maximum Gasteiger partial charge on any atom is 0.309 e. The molecule has 9 heteroatoms. The van der Waals surface area contributed by atoms with E-state index in [9.17, 15) is 24.8 Å².